The van der Waals surface area contributed by atoms with Crippen molar-refractivity contribution in [1.82, 2.24) is 0 Å². The van der Waals surface area contributed by atoms with Gasteiger partial charge in [-0.1, -0.05) is 42.1 Å². The van der Waals surface area contributed by atoms with Gasteiger partial charge in [0, 0.05) is 0 Å². The second kappa shape index (κ2) is 10.4. The van der Waals surface area contributed by atoms with Crippen LogP contribution >= 0.6 is 15.9 Å². The summed E-state index contributed by atoms with van der Waals surface area (Å²) in [6.07, 6.45) is 6.98. The third-order valence-electron chi connectivity index (χ3n) is 2.56. The summed E-state index contributed by atoms with van der Waals surface area (Å²) in [5, 5.41) is 1.12. The molecule has 0 heterocycles. The highest BCUT2D eigenvalue weighted by Gasteiger charge is 2.12. The van der Waals surface area contributed by atoms with Gasteiger partial charge in [-0.05, 0) is 12.8 Å². The number of alkyl halides is 1. The molecule has 0 N–H and O–H groups in total. The maximum Gasteiger partial charge on any atom is 0.0880 e. The minimum absolute atomic E-state index is 0. The topological polar surface area (TPSA) is 0 Å². The Bertz CT molecular complexity index is 116. The SMILES string of the molecule is CCCCCCC[N+](C)(C)CCBr.[Br-]. The van der Waals surface area contributed by atoms with Crippen LogP contribution in [-0.2, 0) is 0 Å². The average molecular weight is 331 g/mol. The zero-order chi connectivity index (χ0) is 10.2. The van der Waals surface area contributed by atoms with E-state index in [9.17, 15) is 0 Å². The predicted molar refractivity (Wildman–Crippen MR) is 64.4 cm³/mol. The van der Waals surface area contributed by atoms with Gasteiger partial charge in [0.2, 0.25) is 0 Å². The van der Waals surface area contributed by atoms with E-state index < -0.39 is 0 Å². The van der Waals surface area contributed by atoms with Crippen LogP contribution in [0.25, 0.3) is 0 Å². The summed E-state index contributed by atoms with van der Waals surface area (Å²) in [4.78, 5) is 0. The highest BCUT2D eigenvalue weighted by molar-refractivity contribution is 9.09. The number of unbranched alkanes of at least 4 members (excludes halogenated alkanes) is 4. The molecule has 0 aromatic rings. The molecule has 0 aliphatic rings. The standard InChI is InChI=1S/C11H25BrN.BrH/c1-4-5-6-7-8-10-13(2,3)11-9-12;/h4-11H2,1-3H3;1H/q+1;/p-1. The first-order chi connectivity index (χ1) is 6.12. The first kappa shape index (κ1) is 17.3. The summed E-state index contributed by atoms with van der Waals surface area (Å²) in [7, 11) is 4.64. The van der Waals surface area contributed by atoms with Crippen LogP contribution in [0.4, 0.5) is 0 Å². The Kier molecular flexibility index (Phi) is 12.9. The molecule has 0 radical (unpaired) electrons. The first-order valence-electron chi connectivity index (χ1n) is 5.50. The lowest BCUT2D eigenvalue weighted by Crippen LogP contribution is -3.00. The maximum absolute atomic E-state index is 3.50. The molecule has 0 aliphatic carbocycles. The van der Waals surface area contributed by atoms with Crippen LogP contribution in [0.2, 0.25) is 0 Å². The van der Waals surface area contributed by atoms with Gasteiger partial charge in [0.05, 0.1) is 32.5 Å². The molecule has 0 amide bonds. The third kappa shape index (κ3) is 11.0. The number of quaternary nitrogens is 1. The van der Waals surface area contributed by atoms with E-state index in [1.165, 1.54) is 45.2 Å². The largest absolute Gasteiger partial charge is 1.00 e. The Balaban J connectivity index is 0. The fourth-order valence-corrected chi connectivity index (χ4v) is 2.44. The van der Waals surface area contributed by atoms with Gasteiger partial charge in [0.15, 0.2) is 0 Å². The molecule has 0 saturated heterocycles. The van der Waals surface area contributed by atoms with E-state index in [0.717, 1.165) is 9.81 Å². The summed E-state index contributed by atoms with van der Waals surface area (Å²) in [6.45, 7) is 4.84. The molecular formula is C11H25Br2N. The van der Waals surface area contributed by atoms with Crippen molar-refractivity contribution < 1.29 is 21.5 Å². The van der Waals surface area contributed by atoms with E-state index >= 15 is 0 Å². The van der Waals surface area contributed by atoms with Gasteiger partial charge >= 0.3 is 0 Å². The second-order valence-corrected chi connectivity index (χ2v) is 5.28. The third-order valence-corrected chi connectivity index (χ3v) is 2.91. The smallest absolute Gasteiger partial charge is 0.0880 e. The molecule has 0 aromatic heterocycles. The van der Waals surface area contributed by atoms with Gasteiger partial charge in [-0.3, -0.25) is 0 Å². The van der Waals surface area contributed by atoms with E-state index in [-0.39, 0.29) is 17.0 Å². The molecule has 0 aliphatic heterocycles. The van der Waals surface area contributed by atoms with Crippen molar-refractivity contribution in [2.24, 2.45) is 0 Å². The molecule has 0 unspecified atom stereocenters. The van der Waals surface area contributed by atoms with Crippen molar-refractivity contribution in [1.29, 1.82) is 0 Å². The van der Waals surface area contributed by atoms with Gasteiger partial charge in [0.1, 0.15) is 0 Å². The van der Waals surface area contributed by atoms with Crippen LogP contribution in [0.1, 0.15) is 39.0 Å². The van der Waals surface area contributed by atoms with Crippen LogP contribution in [-0.4, -0.2) is 37.0 Å². The van der Waals surface area contributed by atoms with E-state index in [4.69, 9.17) is 0 Å². The molecule has 0 aromatic carbocycles. The van der Waals surface area contributed by atoms with Crippen molar-refractivity contribution in [3.8, 4) is 0 Å². The van der Waals surface area contributed by atoms with E-state index in [1.807, 2.05) is 0 Å². The highest BCUT2D eigenvalue weighted by atomic mass is 79.9. The van der Waals surface area contributed by atoms with E-state index in [1.54, 1.807) is 0 Å². The minimum Gasteiger partial charge on any atom is -1.00 e. The fourth-order valence-electron chi connectivity index (χ4n) is 1.48. The molecule has 88 valence electrons. The Morgan fingerprint density at radius 1 is 0.929 bits per heavy atom. The van der Waals surface area contributed by atoms with Crippen molar-refractivity contribution in [2.75, 3.05) is 32.5 Å². The summed E-state index contributed by atoms with van der Waals surface area (Å²) < 4.78 is 1.16. The second-order valence-electron chi connectivity index (χ2n) is 4.49. The van der Waals surface area contributed by atoms with E-state index in [2.05, 4.69) is 36.9 Å². The molecule has 0 fully saturated rings. The molecule has 1 nitrogen and oxygen atoms in total. The first-order valence-corrected chi connectivity index (χ1v) is 6.62. The van der Waals surface area contributed by atoms with Crippen LogP contribution in [0, 0.1) is 0 Å². The predicted octanol–water partition coefficient (Wildman–Crippen LogP) is 0.432. The molecule has 0 spiro atoms. The molecule has 0 bridgehead atoms. The van der Waals surface area contributed by atoms with Crippen LogP contribution in [0.3, 0.4) is 0 Å². The zero-order valence-corrected chi connectivity index (χ0v) is 13.0. The summed E-state index contributed by atoms with van der Waals surface area (Å²) >= 11 is 3.50. The molecule has 3 heteroatoms. The number of hydrogen-bond acceptors (Lipinski definition) is 0. The Morgan fingerprint density at radius 3 is 2.00 bits per heavy atom. The number of nitrogens with zero attached hydrogens (tertiary/aromatic N) is 1. The molecule has 0 atom stereocenters. The fraction of sp³-hybridized carbons (Fsp3) is 1.00. The zero-order valence-electron chi connectivity index (χ0n) is 9.86. The van der Waals surface area contributed by atoms with Gasteiger partial charge in [-0.2, -0.15) is 0 Å². The molecule has 0 saturated carbocycles. The molecule has 14 heavy (non-hydrogen) atoms. The summed E-state index contributed by atoms with van der Waals surface area (Å²) in [6, 6.07) is 0. The normalized spacial score (nSPS) is 11.1. The number of hydrogen-bond donors (Lipinski definition) is 0. The maximum atomic E-state index is 3.50. The summed E-state index contributed by atoms with van der Waals surface area (Å²) in [5.41, 5.74) is 0. The van der Waals surface area contributed by atoms with Gasteiger partial charge in [-0.25, -0.2) is 0 Å². The molecular weight excluding hydrogens is 306 g/mol. The van der Waals surface area contributed by atoms with Crippen molar-refractivity contribution >= 4 is 15.9 Å². The van der Waals surface area contributed by atoms with Crippen LogP contribution in [0.5, 0.6) is 0 Å². The average Bonchev–Trinajstić information content (AvgIpc) is 2.04. The molecule has 0 rings (SSSR count). The Labute approximate surface area is 109 Å². The lowest BCUT2D eigenvalue weighted by molar-refractivity contribution is -0.887. The summed E-state index contributed by atoms with van der Waals surface area (Å²) in [5.74, 6) is 0. The van der Waals surface area contributed by atoms with E-state index in [0.29, 0.717) is 0 Å². The van der Waals surface area contributed by atoms with Gasteiger partial charge in [0.25, 0.3) is 0 Å². The lowest BCUT2D eigenvalue weighted by Gasteiger charge is -2.28. The van der Waals surface area contributed by atoms with Crippen LogP contribution in [0.15, 0.2) is 0 Å². The van der Waals surface area contributed by atoms with Crippen molar-refractivity contribution in [3.63, 3.8) is 0 Å². The quantitative estimate of drug-likeness (QED) is 0.344. The van der Waals surface area contributed by atoms with Crippen LogP contribution < -0.4 is 17.0 Å². The van der Waals surface area contributed by atoms with Gasteiger partial charge in [-0.15, -0.1) is 0 Å². The Hall–Kier alpha value is 0.920. The number of halogens is 2. The number of rotatable bonds is 8. The van der Waals surface area contributed by atoms with Crippen molar-refractivity contribution in [2.45, 2.75) is 39.0 Å². The Morgan fingerprint density at radius 2 is 1.50 bits per heavy atom. The minimum atomic E-state index is 0. The van der Waals surface area contributed by atoms with Gasteiger partial charge < -0.3 is 21.5 Å². The highest BCUT2D eigenvalue weighted by Crippen LogP contribution is 2.07. The van der Waals surface area contributed by atoms with Crippen molar-refractivity contribution in [3.05, 3.63) is 0 Å². The lowest BCUT2D eigenvalue weighted by atomic mass is 10.1. The monoisotopic (exact) mass is 329 g/mol.